The molecule has 1 aliphatic heterocycles. The smallest absolute Gasteiger partial charge is 0.180 e. The fraction of sp³-hybridized carbons (Fsp3) is 0.458. The van der Waals surface area contributed by atoms with Crippen LogP contribution in [0.3, 0.4) is 0 Å². The number of pyridine rings is 1. The van der Waals surface area contributed by atoms with Crippen molar-refractivity contribution in [2.45, 2.75) is 44.5 Å². The SMILES string of the molecule is COCCO[C@@]1(C2CC2)c2ccn3c(C)c(C)nc3c2O[C@H](c2ccccc2)[C@H]1O. The molecule has 30 heavy (non-hydrogen) atoms. The fourth-order valence-electron chi connectivity index (χ4n) is 4.76. The Morgan fingerprint density at radius 3 is 2.63 bits per heavy atom. The van der Waals surface area contributed by atoms with Crippen molar-refractivity contribution < 1.29 is 19.3 Å². The highest BCUT2D eigenvalue weighted by Crippen LogP contribution is 2.58. The Bertz CT molecular complexity index is 1060. The predicted octanol–water partition coefficient (Wildman–Crippen LogP) is 3.71. The van der Waals surface area contributed by atoms with Crippen LogP contribution in [0.15, 0.2) is 42.6 Å². The van der Waals surface area contributed by atoms with E-state index in [9.17, 15) is 5.11 Å². The van der Waals surface area contributed by atoms with E-state index in [0.717, 1.165) is 41.0 Å². The van der Waals surface area contributed by atoms with E-state index in [4.69, 9.17) is 19.2 Å². The lowest BCUT2D eigenvalue weighted by Crippen LogP contribution is -2.52. The van der Waals surface area contributed by atoms with Crippen LogP contribution in [-0.2, 0) is 15.1 Å². The van der Waals surface area contributed by atoms with Gasteiger partial charge in [0.2, 0.25) is 0 Å². The van der Waals surface area contributed by atoms with Gasteiger partial charge in [0.1, 0.15) is 11.7 Å². The number of methoxy groups -OCH3 is 1. The first-order chi connectivity index (χ1) is 14.6. The van der Waals surface area contributed by atoms with E-state index < -0.39 is 17.8 Å². The molecule has 0 spiro atoms. The van der Waals surface area contributed by atoms with Crippen LogP contribution >= 0.6 is 0 Å². The normalized spacial score (nSPS) is 25.9. The summed E-state index contributed by atoms with van der Waals surface area (Å²) in [7, 11) is 1.66. The van der Waals surface area contributed by atoms with Crippen LogP contribution < -0.4 is 4.74 Å². The molecule has 1 aromatic carbocycles. The minimum absolute atomic E-state index is 0.234. The Hall–Kier alpha value is -2.41. The lowest BCUT2D eigenvalue weighted by Gasteiger charge is -2.46. The molecule has 3 heterocycles. The first kappa shape index (κ1) is 19.5. The number of benzene rings is 1. The highest BCUT2D eigenvalue weighted by molar-refractivity contribution is 5.63. The molecule has 1 fully saturated rings. The number of aryl methyl sites for hydroxylation is 2. The Balaban J connectivity index is 1.73. The van der Waals surface area contributed by atoms with E-state index in [0.29, 0.717) is 19.0 Å². The zero-order valence-corrected chi connectivity index (χ0v) is 17.7. The maximum absolute atomic E-state index is 11.7. The lowest BCUT2D eigenvalue weighted by atomic mass is 9.77. The van der Waals surface area contributed by atoms with Crippen LogP contribution in [0.1, 0.15) is 41.5 Å². The highest BCUT2D eigenvalue weighted by atomic mass is 16.6. The molecule has 0 saturated heterocycles. The monoisotopic (exact) mass is 408 g/mol. The number of aromatic nitrogens is 2. The minimum atomic E-state index is -0.845. The average molecular weight is 408 g/mol. The molecule has 6 nitrogen and oxygen atoms in total. The number of rotatable bonds is 6. The summed E-state index contributed by atoms with van der Waals surface area (Å²) in [6.45, 7) is 4.93. The van der Waals surface area contributed by atoms with E-state index in [1.807, 2.05) is 49.5 Å². The van der Waals surface area contributed by atoms with E-state index in [1.54, 1.807) is 7.11 Å². The quantitative estimate of drug-likeness (QED) is 0.630. The van der Waals surface area contributed by atoms with Gasteiger partial charge in [0.25, 0.3) is 0 Å². The van der Waals surface area contributed by atoms with Gasteiger partial charge in [-0.1, -0.05) is 30.3 Å². The molecule has 2 aliphatic rings. The van der Waals surface area contributed by atoms with Crippen molar-refractivity contribution in [2.24, 2.45) is 5.92 Å². The molecular weight excluding hydrogens is 380 g/mol. The molecule has 0 radical (unpaired) electrons. The molecule has 1 saturated carbocycles. The summed E-state index contributed by atoms with van der Waals surface area (Å²) in [5.74, 6) is 0.940. The van der Waals surface area contributed by atoms with E-state index in [2.05, 4.69) is 11.3 Å². The maximum Gasteiger partial charge on any atom is 0.180 e. The van der Waals surface area contributed by atoms with Crippen molar-refractivity contribution in [2.75, 3.05) is 20.3 Å². The van der Waals surface area contributed by atoms with Crippen molar-refractivity contribution in [1.29, 1.82) is 0 Å². The van der Waals surface area contributed by atoms with Gasteiger partial charge >= 0.3 is 0 Å². The Labute approximate surface area is 176 Å². The second kappa shape index (κ2) is 7.38. The molecular formula is C24H28N2O4. The van der Waals surface area contributed by atoms with Crippen LogP contribution in [0.25, 0.3) is 5.65 Å². The average Bonchev–Trinajstić information content (AvgIpc) is 3.57. The van der Waals surface area contributed by atoms with Crippen LogP contribution in [0.4, 0.5) is 0 Å². The van der Waals surface area contributed by atoms with Gasteiger partial charge in [0.15, 0.2) is 17.5 Å². The molecule has 0 bridgehead atoms. The second-order valence-electron chi connectivity index (χ2n) is 8.34. The topological polar surface area (TPSA) is 65.2 Å². The molecule has 3 aromatic rings. The van der Waals surface area contributed by atoms with Gasteiger partial charge in [-0.15, -0.1) is 0 Å². The number of hydrogen-bond acceptors (Lipinski definition) is 5. The van der Waals surface area contributed by atoms with Gasteiger partial charge in [-0.05, 0) is 44.2 Å². The molecule has 6 heteroatoms. The Morgan fingerprint density at radius 1 is 1.17 bits per heavy atom. The number of imidazole rings is 1. The summed E-state index contributed by atoms with van der Waals surface area (Å²) in [5.41, 5.74) is 3.79. The molecule has 158 valence electrons. The Morgan fingerprint density at radius 2 is 1.93 bits per heavy atom. The number of aliphatic hydroxyl groups is 1. The van der Waals surface area contributed by atoms with Crippen molar-refractivity contribution in [3.63, 3.8) is 0 Å². The summed E-state index contributed by atoms with van der Waals surface area (Å²) in [6, 6.07) is 11.9. The molecule has 2 aromatic heterocycles. The maximum atomic E-state index is 11.7. The summed E-state index contributed by atoms with van der Waals surface area (Å²) >= 11 is 0. The van der Waals surface area contributed by atoms with Crippen molar-refractivity contribution >= 4 is 5.65 Å². The summed E-state index contributed by atoms with van der Waals surface area (Å²) in [5, 5.41) is 11.7. The number of ether oxygens (including phenoxy) is 3. The summed E-state index contributed by atoms with van der Waals surface area (Å²) in [4.78, 5) is 4.80. The standard InChI is InChI=1S/C24H28N2O4/c1-15-16(2)26-12-11-19-21(23(26)25-15)30-20(17-7-5-4-6-8-17)22(27)24(19,18-9-10-18)29-14-13-28-3/h4-8,11-12,18,20,22,27H,9-10,13-14H2,1-3H3/t20-,22-,24+/m1/s1. The number of nitrogens with zero attached hydrogens (tertiary/aromatic N) is 2. The second-order valence-corrected chi connectivity index (χ2v) is 8.34. The van der Waals surface area contributed by atoms with E-state index in [-0.39, 0.29) is 5.92 Å². The van der Waals surface area contributed by atoms with Gasteiger partial charge < -0.3 is 23.7 Å². The number of fused-ring (bicyclic) bond motifs is 3. The largest absolute Gasteiger partial charge is 0.479 e. The minimum Gasteiger partial charge on any atom is -0.479 e. The third-order valence-electron chi connectivity index (χ3n) is 6.56. The van der Waals surface area contributed by atoms with Gasteiger partial charge in [-0.2, -0.15) is 0 Å². The van der Waals surface area contributed by atoms with E-state index >= 15 is 0 Å². The highest BCUT2D eigenvalue weighted by Gasteiger charge is 2.59. The summed E-state index contributed by atoms with van der Waals surface area (Å²) in [6.07, 6.45) is 2.67. The summed E-state index contributed by atoms with van der Waals surface area (Å²) < 4.78 is 20.3. The van der Waals surface area contributed by atoms with Gasteiger partial charge in [0.05, 0.1) is 18.9 Å². The van der Waals surface area contributed by atoms with Crippen LogP contribution in [0.5, 0.6) is 5.75 Å². The third-order valence-corrected chi connectivity index (χ3v) is 6.56. The van der Waals surface area contributed by atoms with Crippen LogP contribution in [0.2, 0.25) is 0 Å². The predicted molar refractivity (Wildman–Crippen MR) is 113 cm³/mol. The fourth-order valence-corrected chi connectivity index (χ4v) is 4.76. The molecule has 0 amide bonds. The number of aliphatic hydroxyl groups excluding tert-OH is 1. The van der Waals surface area contributed by atoms with Crippen molar-refractivity contribution in [3.05, 3.63) is 65.1 Å². The third kappa shape index (κ3) is 2.86. The molecule has 1 aliphatic carbocycles. The molecule has 5 rings (SSSR count). The molecule has 3 atom stereocenters. The first-order valence-electron chi connectivity index (χ1n) is 10.6. The van der Waals surface area contributed by atoms with Crippen molar-refractivity contribution in [1.82, 2.24) is 9.38 Å². The Kier molecular flexibility index (Phi) is 4.81. The van der Waals surface area contributed by atoms with Gasteiger partial charge in [0, 0.05) is 24.6 Å². The molecule has 1 N–H and O–H groups in total. The van der Waals surface area contributed by atoms with Crippen LogP contribution in [0, 0.1) is 19.8 Å². The van der Waals surface area contributed by atoms with Crippen LogP contribution in [-0.4, -0.2) is 40.9 Å². The first-order valence-corrected chi connectivity index (χ1v) is 10.6. The zero-order valence-electron chi connectivity index (χ0n) is 17.7. The van der Waals surface area contributed by atoms with Gasteiger partial charge in [-0.25, -0.2) is 4.98 Å². The number of hydrogen-bond donors (Lipinski definition) is 1. The van der Waals surface area contributed by atoms with E-state index in [1.165, 1.54) is 0 Å². The van der Waals surface area contributed by atoms with Gasteiger partial charge in [-0.3, -0.25) is 0 Å². The van der Waals surface area contributed by atoms with Crippen molar-refractivity contribution in [3.8, 4) is 5.75 Å². The lowest BCUT2D eigenvalue weighted by molar-refractivity contribution is -0.192. The molecule has 0 unspecified atom stereocenters. The zero-order chi connectivity index (χ0) is 20.9.